The Morgan fingerprint density at radius 1 is 1.00 bits per heavy atom. The highest BCUT2D eigenvalue weighted by molar-refractivity contribution is 6.31. The van der Waals surface area contributed by atoms with E-state index in [0.29, 0.717) is 28.5 Å². The zero-order valence-corrected chi connectivity index (χ0v) is 12.1. The van der Waals surface area contributed by atoms with E-state index in [-0.39, 0.29) is 11.9 Å². The molecule has 0 saturated heterocycles. The summed E-state index contributed by atoms with van der Waals surface area (Å²) in [4.78, 5) is 0. The Morgan fingerprint density at radius 2 is 1.75 bits per heavy atom. The van der Waals surface area contributed by atoms with Crippen LogP contribution in [0.2, 0.25) is 10.0 Å². The number of halogens is 4. The summed E-state index contributed by atoms with van der Waals surface area (Å²) in [7, 11) is 0. The van der Waals surface area contributed by atoms with E-state index in [1.807, 2.05) is 0 Å². The first-order valence-corrected chi connectivity index (χ1v) is 6.85. The van der Waals surface area contributed by atoms with Gasteiger partial charge in [0.2, 0.25) is 0 Å². The van der Waals surface area contributed by atoms with Gasteiger partial charge >= 0.3 is 0 Å². The number of benzene rings is 2. The summed E-state index contributed by atoms with van der Waals surface area (Å²) in [5.41, 5.74) is 7.12. The van der Waals surface area contributed by atoms with Crippen molar-refractivity contribution < 1.29 is 8.78 Å². The fourth-order valence-electron chi connectivity index (χ4n) is 2.03. The monoisotopic (exact) mass is 315 g/mol. The summed E-state index contributed by atoms with van der Waals surface area (Å²) >= 11 is 11.9. The molecule has 106 valence electrons. The van der Waals surface area contributed by atoms with E-state index >= 15 is 0 Å². The van der Waals surface area contributed by atoms with Gasteiger partial charge in [-0.25, -0.2) is 8.78 Å². The lowest BCUT2D eigenvalue weighted by Crippen LogP contribution is -2.26. The van der Waals surface area contributed by atoms with Crippen molar-refractivity contribution in [1.29, 1.82) is 0 Å². The first-order chi connectivity index (χ1) is 9.47. The summed E-state index contributed by atoms with van der Waals surface area (Å²) in [5.74, 6) is -0.775. The normalized spacial score (nSPS) is 12.4. The SMILES string of the molecule is NC(Cc1ccc(F)cc1Cl)Cc1c(F)cccc1Cl. The smallest absolute Gasteiger partial charge is 0.127 e. The zero-order chi connectivity index (χ0) is 14.7. The van der Waals surface area contributed by atoms with E-state index in [9.17, 15) is 8.78 Å². The Kier molecular flexibility index (Phi) is 4.97. The molecule has 1 atom stereocenters. The molecule has 1 unspecified atom stereocenters. The number of hydrogen-bond donors (Lipinski definition) is 1. The van der Waals surface area contributed by atoms with E-state index in [2.05, 4.69) is 0 Å². The van der Waals surface area contributed by atoms with Crippen molar-refractivity contribution in [2.45, 2.75) is 18.9 Å². The molecule has 2 N–H and O–H groups in total. The third-order valence-corrected chi connectivity index (χ3v) is 3.73. The Hall–Kier alpha value is -1.16. The first-order valence-electron chi connectivity index (χ1n) is 6.09. The molecule has 2 aromatic rings. The average molecular weight is 316 g/mol. The summed E-state index contributed by atoms with van der Waals surface area (Å²) in [6, 6.07) is 8.30. The van der Waals surface area contributed by atoms with E-state index in [0.717, 1.165) is 5.56 Å². The van der Waals surface area contributed by atoms with E-state index < -0.39 is 5.82 Å². The van der Waals surface area contributed by atoms with Crippen LogP contribution in [0, 0.1) is 11.6 Å². The molecule has 0 aliphatic heterocycles. The topological polar surface area (TPSA) is 26.0 Å². The van der Waals surface area contributed by atoms with Gasteiger partial charge in [-0.1, -0.05) is 35.3 Å². The van der Waals surface area contributed by atoms with Crippen molar-refractivity contribution >= 4 is 23.2 Å². The van der Waals surface area contributed by atoms with Crippen molar-refractivity contribution in [2.75, 3.05) is 0 Å². The molecule has 0 heterocycles. The third-order valence-electron chi connectivity index (χ3n) is 3.03. The number of rotatable bonds is 4. The quantitative estimate of drug-likeness (QED) is 0.890. The number of hydrogen-bond acceptors (Lipinski definition) is 1. The fourth-order valence-corrected chi connectivity index (χ4v) is 2.52. The molecule has 0 bridgehead atoms. The third kappa shape index (κ3) is 3.69. The maximum Gasteiger partial charge on any atom is 0.127 e. The van der Waals surface area contributed by atoms with Crippen LogP contribution in [0.15, 0.2) is 36.4 Å². The summed E-state index contributed by atoms with van der Waals surface area (Å²) in [6.45, 7) is 0. The van der Waals surface area contributed by atoms with Gasteiger partial charge in [-0.15, -0.1) is 0 Å². The van der Waals surface area contributed by atoms with Crippen molar-refractivity contribution in [1.82, 2.24) is 0 Å². The molecule has 20 heavy (non-hydrogen) atoms. The van der Waals surface area contributed by atoms with E-state index in [1.54, 1.807) is 18.2 Å². The molecular weight excluding hydrogens is 303 g/mol. The molecule has 2 rings (SSSR count). The van der Waals surface area contributed by atoms with Gasteiger partial charge in [-0.3, -0.25) is 0 Å². The fraction of sp³-hybridized carbons (Fsp3) is 0.200. The van der Waals surface area contributed by atoms with Crippen molar-refractivity contribution in [2.24, 2.45) is 5.73 Å². The van der Waals surface area contributed by atoms with Gasteiger partial charge in [0.25, 0.3) is 0 Å². The van der Waals surface area contributed by atoms with Gasteiger partial charge in [0.1, 0.15) is 11.6 Å². The molecule has 0 aliphatic rings. The second kappa shape index (κ2) is 6.53. The molecule has 0 amide bonds. The molecule has 0 aliphatic carbocycles. The van der Waals surface area contributed by atoms with E-state index in [1.165, 1.54) is 18.2 Å². The van der Waals surface area contributed by atoms with Crippen molar-refractivity contribution in [3.8, 4) is 0 Å². The summed E-state index contributed by atoms with van der Waals surface area (Å²) < 4.78 is 26.6. The van der Waals surface area contributed by atoms with Crippen LogP contribution in [0.4, 0.5) is 8.78 Å². The van der Waals surface area contributed by atoms with Crippen molar-refractivity contribution in [3.63, 3.8) is 0 Å². The lowest BCUT2D eigenvalue weighted by atomic mass is 9.99. The highest BCUT2D eigenvalue weighted by atomic mass is 35.5. The Morgan fingerprint density at radius 3 is 2.40 bits per heavy atom. The molecule has 5 heteroatoms. The van der Waals surface area contributed by atoms with Crippen LogP contribution in [0.5, 0.6) is 0 Å². The largest absolute Gasteiger partial charge is 0.327 e. The average Bonchev–Trinajstić information content (AvgIpc) is 2.37. The number of nitrogens with two attached hydrogens (primary N) is 1. The Bertz CT molecular complexity index is 597. The van der Waals surface area contributed by atoms with Crippen LogP contribution >= 0.6 is 23.2 Å². The minimum absolute atomic E-state index is 0.291. The molecule has 0 fully saturated rings. The first kappa shape index (κ1) is 15.2. The zero-order valence-electron chi connectivity index (χ0n) is 10.5. The van der Waals surface area contributed by atoms with Crippen molar-refractivity contribution in [3.05, 3.63) is 69.2 Å². The minimum atomic E-state index is -0.399. The highest BCUT2D eigenvalue weighted by Crippen LogP contribution is 2.23. The molecule has 0 spiro atoms. The van der Waals surface area contributed by atoms with Gasteiger partial charge in [-0.05, 0) is 42.7 Å². The second-order valence-corrected chi connectivity index (χ2v) is 5.42. The molecule has 0 aromatic heterocycles. The van der Waals surface area contributed by atoms with Crippen LogP contribution in [-0.2, 0) is 12.8 Å². The second-order valence-electron chi connectivity index (χ2n) is 4.60. The van der Waals surface area contributed by atoms with Gasteiger partial charge in [0, 0.05) is 21.7 Å². The minimum Gasteiger partial charge on any atom is -0.327 e. The lowest BCUT2D eigenvalue weighted by molar-refractivity contribution is 0.583. The van der Waals surface area contributed by atoms with Crippen LogP contribution in [0.3, 0.4) is 0 Å². The predicted molar refractivity (Wildman–Crippen MR) is 78.2 cm³/mol. The Balaban J connectivity index is 2.11. The highest BCUT2D eigenvalue weighted by Gasteiger charge is 2.13. The van der Waals surface area contributed by atoms with Crippen LogP contribution in [0.25, 0.3) is 0 Å². The molecular formula is C15H13Cl2F2N. The van der Waals surface area contributed by atoms with Gasteiger partial charge in [0.05, 0.1) is 0 Å². The lowest BCUT2D eigenvalue weighted by Gasteiger charge is -2.14. The van der Waals surface area contributed by atoms with Gasteiger partial charge < -0.3 is 5.73 Å². The summed E-state index contributed by atoms with van der Waals surface area (Å²) in [6.07, 6.45) is 0.711. The molecule has 2 aromatic carbocycles. The maximum atomic E-state index is 13.7. The van der Waals surface area contributed by atoms with Gasteiger partial charge in [0.15, 0.2) is 0 Å². The molecule has 1 nitrogen and oxygen atoms in total. The van der Waals surface area contributed by atoms with Crippen LogP contribution in [0.1, 0.15) is 11.1 Å². The van der Waals surface area contributed by atoms with Crippen LogP contribution in [-0.4, -0.2) is 6.04 Å². The van der Waals surface area contributed by atoms with E-state index in [4.69, 9.17) is 28.9 Å². The summed E-state index contributed by atoms with van der Waals surface area (Å²) in [5, 5.41) is 0.672. The van der Waals surface area contributed by atoms with Crippen LogP contribution < -0.4 is 5.73 Å². The van der Waals surface area contributed by atoms with Gasteiger partial charge in [-0.2, -0.15) is 0 Å². The molecule has 0 saturated carbocycles. The standard InChI is InChI=1S/C15H13Cl2F2N/c16-13-2-1-3-15(19)12(13)8-11(20)6-9-4-5-10(18)7-14(9)17/h1-5,7,11H,6,8,20H2. The maximum absolute atomic E-state index is 13.7. The molecule has 0 radical (unpaired) electrons. The Labute approximate surface area is 126 Å². The predicted octanol–water partition coefficient (Wildman–Crippen LogP) is 4.38.